The molecule has 15 heavy (non-hydrogen) atoms. The maximum absolute atomic E-state index is 5.52. The van der Waals surface area contributed by atoms with Gasteiger partial charge in [0.05, 0.1) is 12.2 Å². The number of pyridine rings is 1. The number of rotatable bonds is 3. The molecule has 5 heteroatoms. The third-order valence-corrected chi connectivity index (χ3v) is 2.16. The molecule has 0 aliphatic heterocycles. The highest BCUT2D eigenvalue weighted by Crippen LogP contribution is 2.13. The highest BCUT2D eigenvalue weighted by atomic mass is 15.2. The van der Waals surface area contributed by atoms with Crippen molar-refractivity contribution in [1.29, 1.82) is 0 Å². The van der Waals surface area contributed by atoms with Gasteiger partial charge in [0.25, 0.3) is 0 Å². The van der Waals surface area contributed by atoms with Crippen molar-refractivity contribution in [3.63, 3.8) is 0 Å². The van der Waals surface area contributed by atoms with Crippen LogP contribution in [0.25, 0.3) is 0 Å². The fourth-order valence-electron chi connectivity index (χ4n) is 1.41. The minimum atomic E-state index is 0.521. The van der Waals surface area contributed by atoms with Crippen molar-refractivity contribution in [3.8, 4) is 0 Å². The highest BCUT2D eigenvalue weighted by molar-refractivity contribution is 5.44. The van der Waals surface area contributed by atoms with E-state index < -0.39 is 0 Å². The van der Waals surface area contributed by atoms with Crippen LogP contribution < -0.4 is 10.6 Å². The van der Waals surface area contributed by atoms with Crippen LogP contribution in [-0.2, 0) is 6.54 Å². The van der Waals surface area contributed by atoms with Crippen LogP contribution in [0, 0.1) is 0 Å². The molecule has 2 rings (SSSR count). The highest BCUT2D eigenvalue weighted by Gasteiger charge is 2.03. The summed E-state index contributed by atoms with van der Waals surface area (Å²) in [6, 6.07) is 5.75. The molecule has 3 N–H and O–H groups in total. The number of nitrogens with zero attached hydrogens (tertiary/aromatic N) is 3. The first kappa shape index (κ1) is 9.51. The third-order valence-electron chi connectivity index (χ3n) is 2.16. The summed E-state index contributed by atoms with van der Waals surface area (Å²) in [5.41, 5.74) is 7.62. The van der Waals surface area contributed by atoms with Gasteiger partial charge in [0.2, 0.25) is 0 Å². The van der Waals surface area contributed by atoms with Crippen LogP contribution in [0.2, 0.25) is 0 Å². The monoisotopic (exact) mass is 203 g/mol. The maximum Gasteiger partial charge on any atom is 0.145 e. The number of nitrogens with two attached hydrogens (primary N) is 1. The van der Waals surface area contributed by atoms with Crippen LogP contribution in [-0.4, -0.2) is 22.2 Å². The van der Waals surface area contributed by atoms with Gasteiger partial charge in [-0.2, -0.15) is 5.10 Å². The van der Waals surface area contributed by atoms with Gasteiger partial charge in [-0.25, -0.2) is 0 Å². The maximum atomic E-state index is 5.52. The Hall–Kier alpha value is -2.04. The average molecular weight is 203 g/mol. The predicted octanol–water partition coefficient (Wildman–Crippen LogP) is 1.02. The Balaban J connectivity index is 2.07. The summed E-state index contributed by atoms with van der Waals surface area (Å²) < 4.78 is 0. The molecular formula is C10H13N5. The summed E-state index contributed by atoms with van der Waals surface area (Å²) in [6.45, 7) is 0.744. The fraction of sp³-hybridized carbons (Fsp3) is 0.200. The molecule has 2 aromatic rings. The van der Waals surface area contributed by atoms with Crippen molar-refractivity contribution >= 4 is 11.5 Å². The predicted molar refractivity (Wildman–Crippen MR) is 59.3 cm³/mol. The molecule has 0 saturated heterocycles. The molecule has 0 fully saturated rings. The molecule has 0 aromatic carbocycles. The third kappa shape index (κ3) is 2.25. The summed E-state index contributed by atoms with van der Waals surface area (Å²) in [6.07, 6.45) is 3.54. The fourth-order valence-corrected chi connectivity index (χ4v) is 1.41. The largest absolute Gasteiger partial charge is 0.382 e. The van der Waals surface area contributed by atoms with Crippen molar-refractivity contribution in [1.82, 2.24) is 15.2 Å². The van der Waals surface area contributed by atoms with Gasteiger partial charge in [0, 0.05) is 31.2 Å². The van der Waals surface area contributed by atoms with Gasteiger partial charge in [-0.15, -0.1) is 0 Å². The van der Waals surface area contributed by atoms with Gasteiger partial charge in [0.15, 0.2) is 0 Å². The van der Waals surface area contributed by atoms with E-state index in [-0.39, 0.29) is 0 Å². The second-order valence-corrected chi connectivity index (χ2v) is 3.38. The van der Waals surface area contributed by atoms with Crippen molar-refractivity contribution in [2.45, 2.75) is 6.54 Å². The first-order valence-corrected chi connectivity index (χ1v) is 4.66. The molecule has 0 atom stereocenters. The molecule has 0 amide bonds. The molecule has 2 aromatic heterocycles. The number of hydrogen-bond donors (Lipinski definition) is 2. The summed E-state index contributed by atoms with van der Waals surface area (Å²) in [4.78, 5) is 6.06. The molecule has 78 valence electrons. The van der Waals surface area contributed by atoms with Crippen molar-refractivity contribution in [2.75, 3.05) is 17.7 Å². The SMILES string of the molecule is CN(Cc1cc(N)n[nH]1)c1ccncc1. The van der Waals surface area contributed by atoms with E-state index in [1.165, 1.54) is 0 Å². The molecule has 5 nitrogen and oxygen atoms in total. The van der Waals surface area contributed by atoms with Crippen LogP contribution in [0.15, 0.2) is 30.6 Å². The minimum absolute atomic E-state index is 0.521. The van der Waals surface area contributed by atoms with E-state index in [9.17, 15) is 0 Å². The van der Waals surface area contributed by atoms with Crippen molar-refractivity contribution < 1.29 is 0 Å². The van der Waals surface area contributed by atoms with E-state index in [4.69, 9.17) is 5.73 Å². The molecule has 0 bridgehead atoms. The van der Waals surface area contributed by atoms with Crippen LogP contribution >= 0.6 is 0 Å². The zero-order valence-corrected chi connectivity index (χ0v) is 8.51. The minimum Gasteiger partial charge on any atom is -0.382 e. The zero-order valence-electron chi connectivity index (χ0n) is 8.51. The topological polar surface area (TPSA) is 70.8 Å². The summed E-state index contributed by atoms with van der Waals surface area (Å²) >= 11 is 0. The van der Waals surface area contributed by atoms with Crippen LogP contribution in [0.4, 0.5) is 11.5 Å². The van der Waals surface area contributed by atoms with Gasteiger partial charge in [-0.05, 0) is 12.1 Å². The van der Waals surface area contributed by atoms with Crippen LogP contribution in [0.1, 0.15) is 5.69 Å². The average Bonchev–Trinajstić information content (AvgIpc) is 2.65. The first-order valence-electron chi connectivity index (χ1n) is 4.66. The lowest BCUT2D eigenvalue weighted by Crippen LogP contribution is -2.16. The Morgan fingerprint density at radius 2 is 2.13 bits per heavy atom. The van der Waals surface area contributed by atoms with E-state index in [1.54, 1.807) is 12.4 Å². The Morgan fingerprint density at radius 1 is 1.40 bits per heavy atom. The Labute approximate surface area is 87.9 Å². The molecular weight excluding hydrogens is 190 g/mol. The number of nitrogens with one attached hydrogen (secondary N) is 1. The standard InChI is InChI=1S/C10H13N5/c1-15(9-2-4-12-5-3-9)7-8-6-10(11)14-13-8/h2-6H,7H2,1H3,(H3,11,13,14). The molecule has 0 spiro atoms. The zero-order chi connectivity index (χ0) is 10.7. The summed E-state index contributed by atoms with van der Waals surface area (Å²) in [7, 11) is 2.01. The van der Waals surface area contributed by atoms with Crippen LogP contribution in [0.5, 0.6) is 0 Å². The molecule has 0 unspecified atom stereocenters. The van der Waals surface area contributed by atoms with E-state index in [0.29, 0.717) is 5.82 Å². The lowest BCUT2D eigenvalue weighted by Gasteiger charge is -2.17. The Kier molecular flexibility index (Phi) is 2.53. The number of aromatic amines is 1. The van der Waals surface area contributed by atoms with E-state index >= 15 is 0 Å². The molecule has 0 saturated carbocycles. The lowest BCUT2D eigenvalue weighted by atomic mass is 10.3. The van der Waals surface area contributed by atoms with Gasteiger partial charge >= 0.3 is 0 Å². The quantitative estimate of drug-likeness (QED) is 0.781. The second-order valence-electron chi connectivity index (χ2n) is 3.38. The van der Waals surface area contributed by atoms with Gasteiger partial charge in [0.1, 0.15) is 5.82 Å². The lowest BCUT2D eigenvalue weighted by molar-refractivity contribution is 0.869. The van der Waals surface area contributed by atoms with Gasteiger partial charge < -0.3 is 10.6 Å². The molecule has 0 aliphatic carbocycles. The van der Waals surface area contributed by atoms with Crippen LogP contribution in [0.3, 0.4) is 0 Å². The van der Waals surface area contributed by atoms with E-state index in [2.05, 4.69) is 20.1 Å². The van der Waals surface area contributed by atoms with Gasteiger partial charge in [-0.1, -0.05) is 0 Å². The number of anilines is 2. The normalized spacial score (nSPS) is 10.2. The van der Waals surface area contributed by atoms with E-state index in [1.807, 2.05) is 25.2 Å². The van der Waals surface area contributed by atoms with E-state index in [0.717, 1.165) is 17.9 Å². The summed E-state index contributed by atoms with van der Waals surface area (Å²) in [5, 5.41) is 6.75. The molecule has 0 radical (unpaired) electrons. The number of nitrogen functional groups attached to an aromatic ring is 1. The van der Waals surface area contributed by atoms with Crippen molar-refractivity contribution in [2.24, 2.45) is 0 Å². The molecule has 2 heterocycles. The second kappa shape index (κ2) is 4.00. The van der Waals surface area contributed by atoms with Crippen molar-refractivity contribution in [3.05, 3.63) is 36.3 Å². The number of aromatic nitrogens is 3. The molecule has 0 aliphatic rings. The Morgan fingerprint density at radius 3 is 2.73 bits per heavy atom. The Bertz CT molecular complexity index is 422. The van der Waals surface area contributed by atoms with Gasteiger partial charge in [-0.3, -0.25) is 10.1 Å². The number of H-pyrrole nitrogens is 1. The first-order chi connectivity index (χ1) is 7.25. The summed E-state index contributed by atoms with van der Waals surface area (Å²) in [5.74, 6) is 0.521. The number of hydrogen-bond acceptors (Lipinski definition) is 4. The smallest absolute Gasteiger partial charge is 0.145 e.